The molecule has 0 saturated heterocycles. The average molecular weight is 399 g/mol. The lowest BCUT2D eigenvalue weighted by Gasteiger charge is -2.19. The molecule has 0 unspecified atom stereocenters. The number of ketones is 1. The Balaban J connectivity index is 1.64. The molecule has 2 atom stereocenters. The van der Waals surface area contributed by atoms with Crippen LogP contribution in [0.15, 0.2) is 52.3 Å². The molecule has 0 bridgehead atoms. The molecule has 0 radical (unpaired) electrons. The van der Waals surface area contributed by atoms with E-state index in [2.05, 4.69) is 5.32 Å². The van der Waals surface area contributed by atoms with Crippen LogP contribution in [0.25, 0.3) is 0 Å². The van der Waals surface area contributed by atoms with E-state index >= 15 is 0 Å². The topological polar surface area (TPSA) is 118 Å². The highest BCUT2D eigenvalue weighted by atomic mass is 32.2. The summed E-state index contributed by atoms with van der Waals surface area (Å²) in [6, 6.07) is 9.71. The molecular weight excluding hydrogens is 382 g/mol. The van der Waals surface area contributed by atoms with Crippen LogP contribution in [-0.4, -0.2) is 37.2 Å². The van der Waals surface area contributed by atoms with Crippen LogP contribution in [0.2, 0.25) is 0 Å². The van der Waals surface area contributed by atoms with Gasteiger partial charge in [-0.25, -0.2) is 8.42 Å². The molecule has 1 amide bonds. The van der Waals surface area contributed by atoms with Gasteiger partial charge in [-0.1, -0.05) is 12.1 Å². The van der Waals surface area contributed by atoms with Crippen molar-refractivity contribution in [2.24, 2.45) is 5.92 Å². The number of nitrogens with one attached hydrogen (secondary N) is 1. The fraction of sp³-hybridized carbons (Fsp3) is 0.250. The number of fused-ring (bicyclic) bond motifs is 2. The van der Waals surface area contributed by atoms with Crippen LogP contribution in [0.4, 0.5) is 0 Å². The van der Waals surface area contributed by atoms with Crippen molar-refractivity contribution >= 4 is 27.5 Å². The predicted molar refractivity (Wildman–Crippen MR) is 98.0 cm³/mol. The van der Waals surface area contributed by atoms with Crippen molar-refractivity contribution < 1.29 is 27.9 Å². The molecule has 1 saturated carbocycles. The Morgan fingerprint density at radius 2 is 1.71 bits per heavy atom. The molecule has 1 heterocycles. The Morgan fingerprint density at radius 3 is 2.43 bits per heavy atom. The maximum Gasteiger partial charge on any atom is 0.306 e. The maximum atomic E-state index is 12.9. The first-order chi connectivity index (χ1) is 13.3. The molecule has 2 aromatic carbocycles. The second-order valence-electron chi connectivity index (χ2n) is 7.06. The van der Waals surface area contributed by atoms with Crippen molar-refractivity contribution in [2.75, 3.05) is 0 Å². The summed E-state index contributed by atoms with van der Waals surface area (Å²) in [5.41, 5.74) is 0.285. The zero-order chi connectivity index (χ0) is 20.1. The number of carboxylic acid groups (broad SMARTS) is 1. The van der Waals surface area contributed by atoms with Gasteiger partial charge in [0.05, 0.1) is 15.7 Å². The van der Waals surface area contributed by atoms with Crippen LogP contribution < -0.4 is 5.32 Å². The number of sulfone groups is 1. The van der Waals surface area contributed by atoms with Crippen molar-refractivity contribution in [1.82, 2.24) is 5.32 Å². The van der Waals surface area contributed by atoms with Gasteiger partial charge < -0.3 is 10.4 Å². The highest BCUT2D eigenvalue weighted by Gasteiger charge is 2.35. The zero-order valence-corrected chi connectivity index (χ0v) is 15.5. The third-order valence-electron chi connectivity index (χ3n) is 5.32. The lowest BCUT2D eigenvalue weighted by atomic mass is 10.0. The second kappa shape index (κ2) is 6.56. The monoisotopic (exact) mass is 399 g/mol. The van der Waals surface area contributed by atoms with E-state index in [4.69, 9.17) is 5.11 Å². The van der Waals surface area contributed by atoms with E-state index in [0.717, 1.165) is 0 Å². The van der Waals surface area contributed by atoms with Gasteiger partial charge in [-0.05, 0) is 49.6 Å². The van der Waals surface area contributed by atoms with Crippen LogP contribution in [0.3, 0.4) is 0 Å². The summed E-state index contributed by atoms with van der Waals surface area (Å²) in [4.78, 5) is 36.0. The van der Waals surface area contributed by atoms with Gasteiger partial charge in [-0.3, -0.25) is 14.4 Å². The largest absolute Gasteiger partial charge is 0.481 e. The quantitative estimate of drug-likeness (QED) is 0.696. The molecule has 2 aromatic rings. The molecule has 1 aliphatic carbocycles. The van der Waals surface area contributed by atoms with Crippen molar-refractivity contribution in [1.29, 1.82) is 0 Å². The van der Waals surface area contributed by atoms with Gasteiger partial charge in [-0.15, -0.1) is 0 Å². The average Bonchev–Trinajstić information content (AvgIpc) is 3.15. The molecule has 1 aliphatic heterocycles. The number of benzene rings is 2. The number of carbonyl (C=O) groups excluding carboxylic acids is 2. The van der Waals surface area contributed by atoms with E-state index in [0.29, 0.717) is 19.3 Å². The lowest BCUT2D eigenvalue weighted by Crippen LogP contribution is -2.33. The standard InChI is InChI=1S/C20H17NO6S/c22-18-14-3-1-2-4-16(14)28(26,27)17-10-11(6-8-15(17)18)19(23)21-13-7-5-12(9-13)20(24)25/h1-4,6,8,10,12-13H,5,7,9H2,(H,21,23)(H,24,25)/t12-,13+/m0/s1. The third-order valence-corrected chi connectivity index (χ3v) is 7.17. The van der Waals surface area contributed by atoms with Gasteiger partial charge in [0.1, 0.15) is 0 Å². The van der Waals surface area contributed by atoms with Gasteiger partial charge in [0.2, 0.25) is 9.84 Å². The Labute approximate surface area is 161 Å². The minimum Gasteiger partial charge on any atom is -0.481 e. The van der Waals surface area contributed by atoms with E-state index in [1.165, 1.54) is 30.3 Å². The van der Waals surface area contributed by atoms with E-state index in [-0.39, 0.29) is 32.5 Å². The maximum absolute atomic E-state index is 12.9. The SMILES string of the molecule is O=C(N[C@@H]1CC[C@H](C(=O)O)C1)c1ccc2c(c1)S(=O)(=O)c1ccccc1C2=O. The van der Waals surface area contributed by atoms with E-state index in [1.807, 2.05) is 0 Å². The Bertz CT molecular complexity index is 1120. The van der Waals surface area contributed by atoms with Gasteiger partial charge in [0, 0.05) is 22.7 Å². The fourth-order valence-corrected chi connectivity index (χ4v) is 5.51. The summed E-state index contributed by atoms with van der Waals surface area (Å²) in [6.45, 7) is 0. The van der Waals surface area contributed by atoms with Gasteiger partial charge in [0.25, 0.3) is 5.91 Å². The molecule has 1 fully saturated rings. The minimum absolute atomic E-state index is 0.0436. The molecule has 0 spiro atoms. The van der Waals surface area contributed by atoms with Crippen molar-refractivity contribution in [3.8, 4) is 0 Å². The van der Waals surface area contributed by atoms with Crippen molar-refractivity contribution in [3.63, 3.8) is 0 Å². The molecule has 2 aliphatic rings. The Kier molecular flexibility index (Phi) is 4.30. The molecule has 144 valence electrons. The number of carbonyl (C=O) groups is 3. The molecule has 0 aromatic heterocycles. The summed E-state index contributed by atoms with van der Waals surface area (Å²) >= 11 is 0. The second-order valence-corrected chi connectivity index (χ2v) is 8.94. The van der Waals surface area contributed by atoms with Crippen molar-refractivity contribution in [3.05, 3.63) is 59.2 Å². The molecule has 28 heavy (non-hydrogen) atoms. The van der Waals surface area contributed by atoms with Gasteiger partial charge >= 0.3 is 5.97 Å². The molecule has 7 nitrogen and oxygen atoms in total. The minimum atomic E-state index is -3.92. The van der Waals surface area contributed by atoms with Crippen LogP contribution >= 0.6 is 0 Å². The van der Waals surface area contributed by atoms with E-state index < -0.39 is 33.4 Å². The summed E-state index contributed by atoms with van der Waals surface area (Å²) in [5.74, 6) is -2.25. The normalized spacial score (nSPS) is 22.2. The summed E-state index contributed by atoms with van der Waals surface area (Å²) in [6.07, 6.45) is 1.39. The van der Waals surface area contributed by atoms with Gasteiger partial charge in [-0.2, -0.15) is 0 Å². The highest BCUT2D eigenvalue weighted by molar-refractivity contribution is 7.91. The van der Waals surface area contributed by atoms with Gasteiger partial charge in [0.15, 0.2) is 5.78 Å². The fourth-order valence-electron chi connectivity index (χ4n) is 3.83. The lowest BCUT2D eigenvalue weighted by molar-refractivity contribution is -0.141. The highest BCUT2D eigenvalue weighted by Crippen LogP contribution is 2.35. The summed E-state index contributed by atoms with van der Waals surface area (Å²) in [5, 5.41) is 11.8. The molecule has 2 N–H and O–H groups in total. The number of hydrogen-bond acceptors (Lipinski definition) is 5. The Hall–Kier alpha value is -3.00. The first-order valence-electron chi connectivity index (χ1n) is 8.85. The number of rotatable bonds is 3. The number of hydrogen-bond donors (Lipinski definition) is 2. The summed E-state index contributed by atoms with van der Waals surface area (Å²) < 4.78 is 25.9. The molecule has 4 rings (SSSR count). The summed E-state index contributed by atoms with van der Waals surface area (Å²) in [7, 11) is -3.92. The van der Waals surface area contributed by atoms with Crippen LogP contribution in [0, 0.1) is 5.92 Å². The first-order valence-corrected chi connectivity index (χ1v) is 10.3. The predicted octanol–water partition coefficient (Wildman–Crippen LogP) is 2.05. The number of aliphatic carboxylic acids is 1. The number of carboxylic acids is 1. The molecular formula is C20H17NO6S. The van der Waals surface area contributed by atoms with Crippen LogP contribution in [0.1, 0.15) is 45.5 Å². The van der Waals surface area contributed by atoms with Crippen LogP contribution in [-0.2, 0) is 14.6 Å². The Morgan fingerprint density at radius 1 is 1.00 bits per heavy atom. The van der Waals surface area contributed by atoms with E-state index in [9.17, 15) is 22.8 Å². The molecule has 8 heteroatoms. The third kappa shape index (κ3) is 2.90. The first kappa shape index (κ1) is 18.4. The van der Waals surface area contributed by atoms with Crippen molar-refractivity contribution in [2.45, 2.75) is 35.1 Å². The van der Waals surface area contributed by atoms with Crippen LogP contribution in [0.5, 0.6) is 0 Å². The number of amides is 1. The smallest absolute Gasteiger partial charge is 0.306 e. The van der Waals surface area contributed by atoms with E-state index in [1.54, 1.807) is 12.1 Å². The zero-order valence-electron chi connectivity index (χ0n) is 14.7.